The molecule has 0 radical (unpaired) electrons. The van der Waals surface area contributed by atoms with Crippen LogP contribution in [0.3, 0.4) is 0 Å². The molecule has 1 aromatic rings. The molecule has 0 unspecified atom stereocenters. The molecule has 0 spiro atoms. The average Bonchev–Trinajstić information content (AvgIpc) is 2.90. The molecule has 1 aromatic carbocycles. The fourth-order valence-electron chi connectivity index (χ4n) is 2.66. The van der Waals surface area contributed by atoms with Crippen LogP contribution in [0.1, 0.15) is 25.7 Å². The second-order valence-electron chi connectivity index (χ2n) is 5.22. The van der Waals surface area contributed by atoms with Gasteiger partial charge in [0.15, 0.2) is 0 Å². The molecule has 7 nitrogen and oxygen atoms in total. The van der Waals surface area contributed by atoms with E-state index in [0.717, 1.165) is 31.8 Å². The quantitative estimate of drug-likeness (QED) is 0.617. The Morgan fingerprint density at radius 3 is 2.38 bits per heavy atom. The van der Waals surface area contributed by atoms with E-state index >= 15 is 0 Å². The summed E-state index contributed by atoms with van der Waals surface area (Å²) >= 11 is 0. The second-order valence-corrected chi connectivity index (χ2v) is 5.22. The zero-order valence-corrected chi connectivity index (χ0v) is 11.6. The van der Waals surface area contributed by atoms with Crippen molar-refractivity contribution in [2.75, 3.05) is 18.1 Å². The number of amides is 1. The van der Waals surface area contributed by atoms with Gasteiger partial charge in [0.1, 0.15) is 5.84 Å². The first-order valence-corrected chi connectivity index (χ1v) is 7.05. The van der Waals surface area contributed by atoms with Gasteiger partial charge in [0.25, 0.3) is 11.6 Å². The highest BCUT2D eigenvalue weighted by Crippen LogP contribution is 2.25. The lowest BCUT2D eigenvalue weighted by Gasteiger charge is -2.27. The van der Waals surface area contributed by atoms with E-state index < -0.39 is 4.92 Å². The third kappa shape index (κ3) is 2.72. The molecule has 7 heteroatoms. The van der Waals surface area contributed by atoms with Gasteiger partial charge in [0.05, 0.1) is 17.0 Å². The lowest BCUT2D eigenvalue weighted by atomic mass is 10.1. The molecule has 110 valence electrons. The molecule has 2 heterocycles. The molecular formula is C14H16N4O3. The molecule has 0 N–H and O–H groups in total. The molecule has 1 saturated heterocycles. The maximum atomic E-state index is 12.1. The van der Waals surface area contributed by atoms with Gasteiger partial charge in [-0.05, 0) is 31.4 Å². The maximum Gasteiger partial charge on any atom is 0.269 e. The minimum atomic E-state index is -0.460. The monoisotopic (exact) mass is 288 g/mol. The summed E-state index contributed by atoms with van der Waals surface area (Å²) in [6.07, 6.45) is 3.79. The number of amidine groups is 1. The number of anilines is 1. The van der Waals surface area contributed by atoms with Crippen LogP contribution in [-0.2, 0) is 4.79 Å². The molecule has 0 aliphatic carbocycles. The van der Waals surface area contributed by atoms with Crippen molar-refractivity contribution in [1.82, 2.24) is 4.90 Å². The fraction of sp³-hybridized carbons (Fsp3) is 0.429. The molecule has 0 aromatic heterocycles. The highest BCUT2D eigenvalue weighted by Gasteiger charge is 2.29. The Morgan fingerprint density at radius 1 is 1.10 bits per heavy atom. The summed E-state index contributed by atoms with van der Waals surface area (Å²) < 4.78 is 0. The number of non-ortho nitro benzene ring substituents is 1. The van der Waals surface area contributed by atoms with Crippen molar-refractivity contribution >= 4 is 23.1 Å². The molecule has 1 amide bonds. The fourth-order valence-corrected chi connectivity index (χ4v) is 2.66. The normalized spacial score (nSPS) is 18.9. The van der Waals surface area contributed by atoms with Crippen LogP contribution in [-0.4, -0.2) is 34.7 Å². The van der Waals surface area contributed by atoms with Crippen LogP contribution in [0.15, 0.2) is 29.4 Å². The lowest BCUT2D eigenvalue weighted by molar-refractivity contribution is -0.384. The number of hydrogen-bond donors (Lipinski definition) is 0. The number of nitro benzene ring substituents is 1. The topological polar surface area (TPSA) is 79.0 Å². The third-order valence-corrected chi connectivity index (χ3v) is 3.79. The molecule has 0 atom stereocenters. The molecule has 21 heavy (non-hydrogen) atoms. The van der Waals surface area contributed by atoms with E-state index in [2.05, 4.69) is 10.0 Å². The van der Waals surface area contributed by atoms with Gasteiger partial charge in [-0.1, -0.05) is 0 Å². The van der Waals surface area contributed by atoms with Gasteiger partial charge >= 0.3 is 0 Å². The summed E-state index contributed by atoms with van der Waals surface area (Å²) in [4.78, 5) is 24.4. The summed E-state index contributed by atoms with van der Waals surface area (Å²) in [6, 6.07) is 5.88. The number of piperidine rings is 1. The van der Waals surface area contributed by atoms with E-state index in [1.165, 1.54) is 23.6 Å². The number of hydrazone groups is 1. The predicted molar refractivity (Wildman–Crippen MR) is 78.1 cm³/mol. The Hall–Kier alpha value is -2.44. The van der Waals surface area contributed by atoms with Gasteiger partial charge < -0.3 is 4.90 Å². The number of carbonyl (C=O) groups excluding carboxylic acids is 1. The van der Waals surface area contributed by atoms with Gasteiger partial charge in [0.2, 0.25) is 0 Å². The number of carbonyl (C=O) groups is 1. The summed E-state index contributed by atoms with van der Waals surface area (Å²) in [6.45, 7) is 1.89. The van der Waals surface area contributed by atoms with Crippen molar-refractivity contribution in [3.8, 4) is 0 Å². The van der Waals surface area contributed by atoms with Gasteiger partial charge in [-0.3, -0.25) is 14.9 Å². The van der Waals surface area contributed by atoms with Crippen LogP contribution in [0.4, 0.5) is 11.4 Å². The Kier molecular flexibility index (Phi) is 3.55. The van der Waals surface area contributed by atoms with E-state index in [1.54, 1.807) is 12.1 Å². The van der Waals surface area contributed by atoms with Crippen LogP contribution >= 0.6 is 0 Å². The molecule has 2 aliphatic rings. The Morgan fingerprint density at radius 2 is 1.76 bits per heavy atom. The van der Waals surface area contributed by atoms with E-state index in [0.29, 0.717) is 12.1 Å². The number of nitrogens with zero attached hydrogens (tertiary/aromatic N) is 4. The van der Waals surface area contributed by atoms with Gasteiger partial charge in [-0.15, -0.1) is 0 Å². The SMILES string of the molecule is O=C1CC(N2CCCCC2)=NN1c1ccc([N+](=O)[O-])cc1. The number of rotatable bonds is 2. The summed E-state index contributed by atoms with van der Waals surface area (Å²) in [5.41, 5.74) is 0.572. The number of hydrogen-bond acceptors (Lipinski definition) is 5. The van der Waals surface area contributed by atoms with Gasteiger partial charge in [-0.25, -0.2) is 0 Å². The molecule has 0 saturated carbocycles. The van der Waals surface area contributed by atoms with E-state index in [9.17, 15) is 14.9 Å². The molecule has 1 fully saturated rings. The Balaban J connectivity index is 1.79. The first kappa shape index (κ1) is 13.5. The first-order chi connectivity index (χ1) is 10.1. The Bertz CT molecular complexity index is 591. The first-order valence-electron chi connectivity index (χ1n) is 7.05. The number of likely N-dealkylation sites (tertiary alicyclic amines) is 1. The van der Waals surface area contributed by atoms with Gasteiger partial charge in [0, 0.05) is 25.2 Å². The smallest absolute Gasteiger partial charge is 0.269 e. The van der Waals surface area contributed by atoms with Crippen LogP contribution < -0.4 is 5.01 Å². The van der Waals surface area contributed by atoms with Crippen LogP contribution in [0, 0.1) is 10.1 Å². The standard InChI is InChI=1S/C14H16N4O3/c19-14-10-13(16-8-2-1-3-9-16)15-17(14)11-4-6-12(7-5-11)18(20)21/h4-7H,1-3,8-10H2. The molecule has 0 bridgehead atoms. The van der Waals surface area contributed by atoms with E-state index in [1.807, 2.05) is 0 Å². The Labute approximate surface area is 122 Å². The van der Waals surface area contributed by atoms with Crippen molar-refractivity contribution in [2.24, 2.45) is 5.10 Å². The molecule has 3 rings (SSSR count). The van der Waals surface area contributed by atoms with Crippen LogP contribution in [0.5, 0.6) is 0 Å². The van der Waals surface area contributed by atoms with E-state index in [-0.39, 0.29) is 11.6 Å². The number of nitro groups is 1. The average molecular weight is 288 g/mol. The van der Waals surface area contributed by atoms with Crippen molar-refractivity contribution in [2.45, 2.75) is 25.7 Å². The minimum absolute atomic E-state index is 0.00521. The lowest BCUT2D eigenvalue weighted by Crippen LogP contribution is -2.34. The predicted octanol–water partition coefficient (Wildman–Crippen LogP) is 2.13. The summed E-state index contributed by atoms with van der Waals surface area (Å²) in [7, 11) is 0. The summed E-state index contributed by atoms with van der Waals surface area (Å²) in [5, 5.41) is 16.4. The third-order valence-electron chi connectivity index (χ3n) is 3.79. The van der Waals surface area contributed by atoms with Gasteiger partial charge in [-0.2, -0.15) is 10.1 Å². The highest BCUT2D eigenvalue weighted by atomic mass is 16.6. The molecule has 2 aliphatic heterocycles. The van der Waals surface area contributed by atoms with Crippen molar-refractivity contribution in [3.63, 3.8) is 0 Å². The van der Waals surface area contributed by atoms with Crippen LogP contribution in [0.25, 0.3) is 0 Å². The number of benzene rings is 1. The maximum absolute atomic E-state index is 12.1. The van der Waals surface area contributed by atoms with Crippen LogP contribution in [0.2, 0.25) is 0 Å². The second kappa shape index (κ2) is 5.51. The minimum Gasteiger partial charge on any atom is -0.358 e. The van der Waals surface area contributed by atoms with Crippen molar-refractivity contribution < 1.29 is 9.72 Å². The zero-order chi connectivity index (χ0) is 14.8. The zero-order valence-electron chi connectivity index (χ0n) is 11.6. The van der Waals surface area contributed by atoms with Crippen molar-refractivity contribution in [3.05, 3.63) is 34.4 Å². The van der Waals surface area contributed by atoms with E-state index in [4.69, 9.17) is 0 Å². The highest BCUT2D eigenvalue weighted by molar-refractivity contribution is 6.12. The largest absolute Gasteiger partial charge is 0.358 e. The molecular weight excluding hydrogens is 272 g/mol. The van der Waals surface area contributed by atoms with Crippen molar-refractivity contribution in [1.29, 1.82) is 0 Å². The summed E-state index contributed by atoms with van der Waals surface area (Å²) in [5.74, 6) is 0.711.